The summed E-state index contributed by atoms with van der Waals surface area (Å²) in [6, 6.07) is 12.5. The highest BCUT2D eigenvalue weighted by molar-refractivity contribution is 6.06. The largest absolute Gasteiger partial charge is 0.345 e. The summed E-state index contributed by atoms with van der Waals surface area (Å²) in [6.45, 7) is 4.22. The van der Waals surface area contributed by atoms with Crippen LogP contribution >= 0.6 is 0 Å². The smallest absolute Gasteiger partial charge is 0.259 e. The Bertz CT molecular complexity index is 681. The van der Waals surface area contributed by atoms with Crippen molar-refractivity contribution in [3.8, 4) is 0 Å². The Labute approximate surface area is 138 Å². The molecule has 23 heavy (non-hydrogen) atoms. The number of hydrogen-bond donors (Lipinski definition) is 0. The summed E-state index contributed by atoms with van der Waals surface area (Å²) in [4.78, 5) is 14.7. The van der Waals surface area contributed by atoms with Crippen LogP contribution in [0.15, 0.2) is 36.4 Å². The Morgan fingerprint density at radius 2 is 1.74 bits per heavy atom. The highest BCUT2D eigenvalue weighted by atomic mass is 16.2. The van der Waals surface area contributed by atoms with Crippen molar-refractivity contribution in [3.63, 3.8) is 0 Å². The summed E-state index contributed by atoms with van der Waals surface area (Å²) in [5, 5.41) is 0. The lowest BCUT2D eigenvalue weighted by molar-refractivity contribution is 0.0992. The fraction of sp³-hybridized carbons (Fsp3) is 0.450. The third-order valence-electron chi connectivity index (χ3n) is 5.10. The van der Waals surface area contributed by atoms with Gasteiger partial charge < -0.3 is 9.47 Å². The Morgan fingerprint density at radius 1 is 1.09 bits per heavy atom. The zero-order chi connectivity index (χ0) is 16.4. The van der Waals surface area contributed by atoms with Crippen molar-refractivity contribution >= 4 is 11.6 Å². The average molecular weight is 310 g/mol. The van der Waals surface area contributed by atoms with E-state index in [1.54, 1.807) is 4.90 Å². The highest BCUT2D eigenvalue weighted by Crippen LogP contribution is 2.32. The second kappa shape index (κ2) is 6.61. The lowest BCUT2D eigenvalue weighted by Gasteiger charge is -2.26. The van der Waals surface area contributed by atoms with Crippen molar-refractivity contribution in [1.82, 2.24) is 4.57 Å². The van der Waals surface area contributed by atoms with Gasteiger partial charge in [0.05, 0.1) is 5.56 Å². The van der Waals surface area contributed by atoms with E-state index in [0.717, 1.165) is 16.9 Å². The van der Waals surface area contributed by atoms with Crippen LogP contribution in [0.2, 0.25) is 0 Å². The zero-order valence-electron chi connectivity index (χ0n) is 14.4. The fourth-order valence-electron chi connectivity index (χ4n) is 3.84. The third-order valence-corrected chi connectivity index (χ3v) is 5.10. The first-order valence-corrected chi connectivity index (χ1v) is 8.61. The minimum absolute atomic E-state index is 0.0753. The summed E-state index contributed by atoms with van der Waals surface area (Å²) in [7, 11) is 1.85. The molecule has 1 aromatic heterocycles. The van der Waals surface area contributed by atoms with Crippen molar-refractivity contribution in [1.29, 1.82) is 0 Å². The van der Waals surface area contributed by atoms with Crippen molar-refractivity contribution in [2.45, 2.75) is 52.0 Å². The maximum Gasteiger partial charge on any atom is 0.259 e. The van der Waals surface area contributed by atoms with E-state index >= 15 is 0 Å². The second-order valence-electron chi connectivity index (χ2n) is 6.65. The van der Waals surface area contributed by atoms with Gasteiger partial charge in [0.25, 0.3) is 5.91 Å². The molecule has 1 aliphatic rings. The summed E-state index contributed by atoms with van der Waals surface area (Å²) < 4.78 is 2.39. The van der Waals surface area contributed by atoms with E-state index in [0.29, 0.717) is 6.04 Å². The first-order chi connectivity index (χ1) is 11.1. The lowest BCUT2D eigenvalue weighted by Crippen LogP contribution is -2.26. The molecule has 1 aliphatic carbocycles. The molecule has 1 fully saturated rings. The van der Waals surface area contributed by atoms with Crippen molar-refractivity contribution < 1.29 is 4.79 Å². The van der Waals surface area contributed by atoms with Crippen LogP contribution in [-0.2, 0) is 0 Å². The topological polar surface area (TPSA) is 25.2 Å². The summed E-state index contributed by atoms with van der Waals surface area (Å²) >= 11 is 0. The predicted molar refractivity (Wildman–Crippen MR) is 95.2 cm³/mol. The van der Waals surface area contributed by atoms with Crippen LogP contribution in [0.25, 0.3) is 0 Å². The van der Waals surface area contributed by atoms with Gasteiger partial charge in [-0.25, -0.2) is 0 Å². The van der Waals surface area contributed by atoms with E-state index in [4.69, 9.17) is 0 Å². The van der Waals surface area contributed by atoms with Gasteiger partial charge in [0.2, 0.25) is 0 Å². The van der Waals surface area contributed by atoms with Gasteiger partial charge in [0.15, 0.2) is 0 Å². The SMILES string of the molecule is Cc1cc(C(=O)N(C)c2ccccc2)c(C)n1C1CCCCC1. The van der Waals surface area contributed by atoms with Gasteiger partial charge in [0.1, 0.15) is 0 Å². The lowest BCUT2D eigenvalue weighted by atomic mass is 9.95. The molecule has 3 heteroatoms. The molecule has 0 N–H and O–H groups in total. The number of para-hydroxylation sites is 1. The number of benzene rings is 1. The molecule has 1 saturated carbocycles. The molecule has 3 rings (SSSR count). The quantitative estimate of drug-likeness (QED) is 0.792. The van der Waals surface area contributed by atoms with E-state index < -0.39 is 0 Å². The van der Waals surface area contributed by atoms with E-state index in [1.807, 2.05) is 37.4 Å². The molecule has 1 aromatic carbocycles. The molecule has 0 aliphatic heterocycles. The molecule has 0 saturated heterocycles. The van der Waals surface area contributed by atoms with Crippen molar-refractivity contribution in [2.24, 2.45) is 0 Å². The van der Waals surface area contributed by atoms with Crippen LogP contribution in [0, 0.1) is 13.8 Å². The van der Waals surface area contributed by atoms with Gasteiger partial charge in [-0.15, -0.1) is 0 Å². The number of nitrogens with zero attached hydrogens (tertiary/aromatic N) is 2. The van der Waals surface area contributed by atoms with Gasteiger partial charge in [-0.3, -0.25) is 4.79 Å². The monoisotopic (exact) mass is 310 g/mol. The van der Waals surface area contributed by atoms with E-state index in [-0.39, 0.29) is 5.91 Å². The van der Waals surface area contributed by atoms with Gasteiger partial charge in [-0.1, -0.05) is 37.5 Å². The molecule has 0 unspecified atom stereocenters. The normalized spacial score (nSPS) is 15.6. The van der Waals surface area contributed by atoms with Gasteiger partial charge in [-0.2, -0.15) is 0 Å². The number of hydrogen-bond acceptors (Lipinski definition) is 1. The molecule has 2 aromatic rings. The molecule has 122 valence electrons. The summed E-state index contributed by atoms with van der Waals surface area (Å²) in [6.07, 6.45) is 6.42. The number of carbonyl (C=O) groups is 1. The Hall–Kier alpha value is -2.03. The number of amides is 1. The molecular weight excluding hydrogens is 284 g/mol. The van der Waals surface area contributed by atoms with Crippen molar-refractivity contribution in [2.75, 3.05) is 11.9 Å². The van der Waals surface area contributed by atoms with Crippen LogP contribution in [0.3, 0.4) is 0 Å². The van der Waals surface area contributed by atoms with Crippen LogP contribution in [0.4, 0.5) is 5.69 Å². The highest BCUT2D eigenvalue weighted by Gasteiger charge is 2.24. The minimum Gasteiger partial charge on any atom is -0.345 e. The van der Waals surface area contributed by atoms with Gasteiger partial charge in [0, 0.05) is 30.2 Å². The van der Waals surface area contributed by atoms with E-state index in [1.165, 1.54) is 37.8 Å². The molecule has 0 spiro atoms. The average Bonchev–Trinajstić information content (AvgIpc) is 2.89. The molecule has 1 amide bonds. The van der Waals surface area contributed by atoms with Crippen LogP contribution in [-0.4, -0.2) is 17.5 Å². The van der Waals surface area contributed by atoms with Gasteiger partial charge in [-0.05, 0) is 44.9 Å². The molecule has 0 atom stereocenters. The Morgan fingerprint density at radius 3 is 2.39 bits per heavy atom. The zero-order valence-corrected chi connectivity index (χ0v) is 14.4. The minimum atomic E-state index is 0.0753. The van der Waals surface area contributed by atoms with E-state index in [9.17, 15) is 4.79 Å². The molecule has 0 bridgehead atoms. The summed E-state index contributed by atoms with van der Waals surface area (Å²) in [5.41, 5.74) is 4.08. The molecular formula is C20H26N2O. The Balaban J connectivity index is 1.90. The molecule has 1 heterocycles. The third kappa shape index (κ3) is 3.05. The maximum atomic E-state index is 12.9. The summed E-state index contributed by atoms with van der Waals surface area (Å²) in [5.74, 6) is 0.0753. The fourth-order valence-corrected chi connectivity index (χ4v) is 3.84. The predicted octanol–water partition coefficient (Wildman–Crippen LogP) is 4.89. The molecule has 0 radical (unpaired) electrons. The van der Waals surface area contributed by atoms with Crippen molar-refractivity contribution in [3.05, 3.63) is 53.3 Å². The number of anilines is 1. The molecule has 3 nitrogen and oxygen atoms in total. The first-order valence-electron chi connectivity index (χ1n) is 8.61. The number of aromatic nitrogens is 1. The second-order valence-corrected chi connectivity index (χ2v) is 6.65. The Kier molecular flexibility index (Phi) is 4.56. The first kappa shape index (κ1) is 15.9. The van der Waals surface area contributed by atoms with Crippen LogP contribution in [0.5, 0.6) is 0 Å². The number of rotatable bonds is 3. The number of aryl methyl sites for hydroxylation is 1. The van der Waals surface area contributed by atoms with E-state index in [2.05, 4.69) is 24.5 Å². The standard InChI is InChI=1S/C20H26N2O/c1-15-14-19(16(2)22(15)18-12-8-5-9-13-18)20(23)21(3)17-10-6-4-7-11-17/h4,6-7,10-11,14,18H,5,8-9,12-13H2,1-3H3. The van der Waals surface area contributed by atoms with Gasteiger partial charge >= 0.3 is 0 Å². The van der Waals surface area contributed by atoms with Crippen LogP contribution < -0.4 is 4.90 Å². The maximum absolute atomic E-state index is 12.9. The number of carbonyl (C=O) groups excluding carboxylic acids is 1. The van der Waals surface area contributed by atoms with Crippen LogP contribution in [0.1, 0.15) is 59.9 Å².